The Morgan fingerprint density at radius 1 is 1.04 bits per heavy atom. The number of anilines is 2. The van der Waals surface area contributed by atoms with Gasteiger partial charge < -0.3 is 31.2 Å². The predicted molar refractivity (Wildman–Crippen MR) is 178 cm³/mol. The summed E-state index contributed by atoms with van der Waals surface area (Å²) in [6.07, 6.45) is 1.75. The van der Waals surface area contributed by atoms with Crippen LogP contribution in [0, 0.1) is 0 Å². The van der Waals surface area contributed by atoms with Crippen molar-refractivity contribution in [2.75, 3.05) is 55.7 Å². The Kier molecular flexibility index (Phi) is 14.7. The first kappa shape index (κ1) is 37.2. The number of amides is 5. The number of hydrogen-bond donors (Lipinski definition) is 3. The smallest absolute Gasteiger partial charge is 0.414 e. The number of cyclic esters (lactones) is 1. The van der Waals surface area contributed by atoms with Crippen LogP contribution in [0.25, 0.3) is 0 Å². The second kappa shape index (κ2) is 18.2. The van der Waals surface area contributed by atoms with Crippen molar-refractivity contribution in [1.29, 1.82) is 0 Å². The largest absolute Gasteiger partial charge is 0.442 e. The van der Waals surface area contributed by atoms with Gasteiger partial charge in [-0.3, -0.25) is 29.0 Å². The molecule has 2 atom stereocenters. The maximum absolute atomic E-state index is 13.4. The number of nitrogens with one attached hydrogen (secondary N) is 1. The summed E-state index contributed by atoms with van der Waals surface area (Å²) in [6, 6.07) is 9.45. The molecule has 1 aromatic heterocycles. The summed E-state index contributed by atoms with van der Waals surface area (Å²) in [4.78, 5) is 68.3. The maximum atomic E-state index is 13.4. The fraction of sp³-hybridized carbons (Fsp3) is 0.500. The van der Waals surface area contributed by atoms with E-state index in [-0.39, 0.29) is 50.3 Å². The molecule has 0 saturated carbocycles. The van der Waals surface area contributed by atoms with Gasteiger partial charge in [0.15, 0.2) is 0 Å². The summed E-state index contributed by atoms with van der Waals surface area (Å²) < 4.78 is 11.1. The number of ether oxygens (including phenoxy) is 2. The first-order valence-electron chi connectivity index (χ1n) is 15.0. The number of carbonyl (C=O) groups is 5. The number of nitrogens with two attached hydrogens (primary N) is 2. The van der Waals surface area contributed by atoms with Crippen molar-refractivity contribution in [2.24, 2.45) is 11.5 Å². The normalized spacial score (nSPS) is 16.9. The van der Waals surface area contributed by atoms with Gasteiger partial charge in [0, 0.05) is 30.9 Å². The molecule has 3 heterocycles. The number of thiophene rings is 1. The van der Waals surface area contributed by atoms with Crippen molar-refractivity contribution in [3.8, 4) is 0 Å². The molecule has 13 nitrogen and oxygen atoms in total. The topological polar surface area (TPSA) is 178 Å². The van der Waals surface area contributed by atoms with Crippen LogP contribution in [0.5, 0.6) is 0 Å². The van der Waals surface area contributed by atoms with E-state index in [9.17, 15) is 24.0 Å². The molecule has 0 aliphatic carbocycles. The number of rotatable bonds is 15. The van der Waals surface area contributed by atoms with E-state index in [1.54, 1.807) is 41.3 Å². The number of benzene rings is 1. The standard InChI is InChI=1S/C30H39ClN6O7S.ClH/c31-25-12-11-24(45-25)29(41)37(26(38)6-2-4-14-34-28(40)23(33)5-1-3-13-32)18-22-17-36(30(42)44-22)21-9-7-20(8-10-21)35-15-16-43-19-27(35)39;/h7-12,22-23H,1-6,13-19,32-33H2,(H,34,40);1H/t22-,23+;/m1./s1. The lowest BCUT2D eigenvalue weighted by atomic mass is 10.1. The molecule has 0 bridgehead atoms. The highest BCUT2D eigenvalue weighted by atomic mass is 35.5. The average Bonchev–Trinajstić information content (AvgIpc) is 3.64. The molecule has 2 aliphatic rings. The van der Waals surface area contributed by atoms with Crippen LogP contribution in [-0.2, 0) is 23.9 Å². The highest BCUT2D eigenvalue weighted by Gasteiger charge is 2.36. The zero-order valence-electron chi connectivity index (χ0n) is 25.4. The van der Waals surface area contributed by atoms with Gasteiger partial charge in [0.05, 0.1) is 35.0 Å². The molecule has 2 fully saturated rings. The Hall–Kier alpha value is -3.27. The van der Waals surface area contributed by atoms with Gasteiger partial charge in [0.1, 0.15) is 12.7 Å². The van der Waals surface area contributed by atoms with Crippen molar-refractivity contribution in [3.63, 3.8) is 0 Å². The third-order valence-corrected chi connectivity index (χ3v) is 8.69. The Balaban J connectivity index is 0.00000576. The first-order valence-corrected chi connectivity index (χ1v) is 16.2. The van der Waals surface area contributed by atoms with Gasteiger partial charge in [-0.1, -0.05) is 18.0 Å². The number of carbonyl (C=O) groups excluding carboxylic acids is 5. The van der Waals surface area contributed by atoms with Crippen LogP contribution in [-0.4, -0.2) is 92.7 Å². The molecule has 2 aromatic rings. The predicted octanol–water partition coefficient (Wildman–Crippen LogP) is 2.92. The molecule has 5 amide bonds. The molecule has 0 radical (unpaired) electrons. The van der Waals surface area contributed by atoms with E-state index < -0.39 is 30.1 Å². The van der Waals surface area contributed by atoms with Gasteiger partial charge in [-0.25, -0.2) is 4.79 Å². The van der Waals surface area contributed by atoms with Crippen LogP contribution in [0.3, 0.4) is 0 Å². The summed E-state index contributed by atoms with van der Waals surface area (Å²) in [5.41, 5.74) is 12.6. The van der Waals surface area contributed by atoms with Crippen LogP contribution < -0.4 is 26.6 Å². The van der Waals surface area contributed by atoms with Gasteiger partial charge >= 0.3 is 6.09 Å². The van der Waals surface area contributed by atoms with Gasteiger partial charge in [0.2, 0.25) is 11.8 Å². The fourth-order valence-corrected chi connectivity index (χ4v) is 6.01. The summed E-state index contributed by atoms with van der Waals surface area (Å²) in [5.74, 6) is -1.34. The highest BCUT2D eigenvalue weighted by molar-refractivity contribution is 7.18. The molecule has 16 heteroatoms. The number of nitrogens with zero attached hydrogens (tertiary/aromatic N) is 3. The lowest BCUT2D eigenvalue weighted by Gasteiger charge is -2.27. The highest BCUT2D eigenvalue weighted by Crippen LogP contribution is 2.27. The van der Waals surface area contributed by atoms with Crippen molar-refractivity contribution < 1.29 is 33.4 Å². The molecule has 0 spiro atoms. The molecule has 2 aliphatic heterocycles. The van der Waals surface area contributed by atoms with Crippen LogP contribution in [0.1, 0.15) is 48.2 Å². The number of hydrogen-bond acceptors (Lipinski definition) is 10. The summed E-state index contributed by atoms with van der Waals surface area (Å²) in [7, 11) is 0. The van der Waals surface area contributed by atoms with E-state index in [2.05, 4.69) is 5.32 Å². The van der Waals surface area contributed by atoms with E-state index in [0.29, 0.717) is 66.1 Å². The van der Waals surface area contributed by atoms with Gasteiger partial charge in [0.25, 0.3) is 11.8 Å². The van der Waals surface area contributed by atoms with Crippen LogP contribution in [0.4, 0.5) is 16.2 Å². The molecule has 4 rings (SSSR count). The fourth-order valence-electron chi connectivity index (χ4n) is 5.01. The van der Waals surface area contributed by atoms with Crippen LogP contribution in [0.15, 0.2) is 36.4 Å². The summed E-state index contributed by atoms with van der Waals surface area (Å²) in [5, 5.41) is 2.78. The van der Waals surface area contributed by atoms with E-state index in [1.807, 2.05) is 0 Å². The van der Waals surface area contributed by atoms with E-state index >= 15 is 0 Å². The molecular formula is C30H40Cl2N6O7S. The lowest BCUT2D eigenvalue weighted by molar-refractivity contribution is -0.129. The molecule has 5 N–H and O–H groups in total. The Labute approximate surface area is 282 Å². The minimum absolute atomic E-state index is 0. The second-order valence-electron chi connectivity index (χ2n) is 10.8. The number of unbranched alkanes of at least 4 members (excludes halogenated alkanes) is 2. The number of halogens is 2. The Morgan fingerprint density at radius 2 is 1.76 bits per heavy atom. The van der Waals surface area contributed by atoms with E-state index in [4.69, 9.17) is 32.5 Å². The molecule has 252 valence electrons. The van der Waals surface area contributed by atoms with Crippen molar-refractivity contribution in [3.05, 3.63) is 45.6 Å². The van der Waals surface area contributed by atoms with E-state index in [0.717, 1.165) is 29.1 Å². The SMILES string of the molecule is Cl.NCCCC[C@H](N)C(=O)NCCCCC(=O)N(C[C@H]1CN(c2ccc(N3CCOCC3=O)cc2)C(=O)O1)C(=O)c1ccc(Cl)s1. The van der Waals surface area contributed by atoms with E-state index in [1.165, 1.54) is 4.90 Å². The van der Waals surface area contributed by atoms with Crippen LogP contribution >= 0.6 is 35.3 Å². The average molecular weight is 700 g/mol. The van der Waals surface area contributed by atoms with Crippen molar-refractivity contribution in [1.82, 2.24) is 10.2 Å². The van der Waals surface area contributed by atoms with Crippen molar-refractivity contribution >= 4 is 76.4 Å². The zero-order chi connectivity index (χ0) is 32.3. The maximum Gasteiger partial charge on any atom is 0.414 e. The van der Waals surface area contributed by atoms with Crippen molar-refractivity contribution in [2.45, 2.75) is 50.7 Å². The van der Waals surface area contributed by atoms with Gasteiger partial charge in [-0.2, -0.15) is 0 Å². The Morgan fingerprint density at radius 3 is 2.41 bits per heavy atom. The molecule has 2 saturated heterocycles. The van der Waals surface area contributed by atoms with Gasteiger partial charge in [-0.05, 0) is 68.6 Å². The number of imide groups is 1. The lowest BCUT2D eigenvalue weighted by Crippen LogP contribution is -2.43. The number of morpholine rings is 1. The first-order chi connectivity index (χ1) is 21.7. The summed E-state index contributed by atoms with van der Waals surface area (Å²) in [6.45, 7) is 1.79. The Bertz CT molecular complexity index is 1360. The minimum atomic E-state index is -0.763. The zero-order valence-corrected chi connectivity index (χ0v) is 27.7. The monoisotopic (exact) mass is 698 g/mol. The molecule has 0 unspecified atom stereocenters. The quantitative estimate of drug-likeness (QED) is 0.236. The third-order valence-electron chi connectivity index (χ3n) is 7.47. The summed E-state index contributed by atoms with van der Waals surface area (Å²) >= 11 is 7.10. The third kappa shape index (κ3) is 10.1. The molecule has 1 aromatic carbocycles. The van der Waals surface area contributed by atoms with Gasteiger partial charge in [-0.15, -0.1) is 23.7 Å². The minimum Gasteiger partial charge on any atom is -0.442 e. The van der Waals surface area contributed by atoms with Crippen LogP contribution in [0.2, 0.25) is 4.34 Å². The molecular weight excluding hydrogens is 659 g/mol. The second-order valence-corrected chi connectivity index (χ2v) is 12.5. The molecule has 46 heavy (non-hydrogen) atoms.